The van der Waals surface area contributed by atoms with Crippen LogP contribution in [0, 0.1) is 0 Å². The van der Waals surface area contributed by atoms with E-state index in [1.165, 1.54) is 10.9 Å². The van der Waals surface area contributed by atoms with E-state index in [-0.39, 0.29) is 0 Å². The molecule has 0 bridgehead atoms. The molecule has 4 aromatic carbocycles. The molecule has 0 radical (unpaired) electrons. The third-order valence-electron chi connectivity index (χ3n) is 6.19. The molecular formula is C29H18N4. The molecule has 3 heterocycles. The first-order chi connectivity index (χ1) is 16.3. The van der Waals surface area contributed by atoms with Crippen LogP contribution in [0.15, 0.2) is 109 Å². The lowest BCUT2D eigenvalue weighted by atomic mass is 10.1. The summed E-state index contributed by atoms with van der Waals surface area (Å²) in [5.74, 6) is 0.716. The monoisotopic (exact) mass is 422 g/mol. The second kappa shape index (κ2) is 6.97. The number of benzene rings is 4. The molecule has 0 aliphatic rings. The minimum Gasteiger partial charge on any atom is -0.306 e. The van der Waals surface area contributed by atoms with Crippen molar-refractivity contribution >= 4 is 38.4 Å². The van der Waals surface area contributed by atoms with Crippen LogP contribution < -0.4 is 0 Å². The SMILES string of the molecule is c1cc(-c2ncc3ccccc3n2)cc(-c2nc3ccccc3n3c2cc2ccccc23)c1. The molecule has 0 saturated heterocycles. The molecule has 0 amide bonds. The summed E-state index contributed by atoms with van der Waals surface area (Å²) in [6, 6.07) is 35.4. The van der Waals surface area contributed by atoms with E-state index in [9.17, 15) is 0 Å². The predicted octanol–water partition coefficient (Wildman–Crippen LogP) is 6.92. The van der Waals surface area contributed by atoms with Gasteiger partial charge in [0.2, 0.25) is 0 Å². The molecule has 0 aliphatic heterocycles. The fourth-order valence-electron chi connectivity index (χ4n) is 4.64. The smallest absolute Gasteiger partial charge is 0.159 e. The summed E-state index contributed by atoms with van der Waals surface area (Å²) in [4.78, 5) is 14.5. The first-order valence-corrected chi connectivity index (χ1v) is 11.0. The van der Waals surface area contributed by atoms with Crippen LogP contribution in [0.1, 0.15) is 0 Å². The van der Waals surface area contributed by atoms with Gasteiger partial charge >= 0.3 is 0 Å². The highest BCUT2D eigenvalue weighted by Gasteiger charge is 2.14. The van der Waals surface area contributed by atoms with E-state index >= 15 is 0 Å². The zero-order chi connectivity index (χ0) is 21.8. The average Bonchev–Trinajstić information content (AvgIpc) is 3.28. The van der Waals surface area contributed by atoms with Crippen molar-refractivity contribution in [3.8, 4) is 22.6 Å². The average molecular weight is 422 g/mol. The molecular weight excluding hydrogens is 404 g/mol. The Morgan fingerprint density at radius 3 is 2.15 bits per heavy atom. The molecule has 0 spiro atoms. The van der Waals surface area contributed by atoms with Crippen molar-refractivity contribution < 1.29 is 0 Å². The summed E-state index contributed by atoms with van der Waals surface area (Å²) in [6.45, 7) is 0. The van der Waals surface area contributed by atoms with E-state index in [4.69, 9.17) is 9.97 Å². The van der Waals surface area contributed by atoms with E-state index in [1.807, 2.05) is 36.5 Å². The zero-order valence-corrected chi connectivity index (χ0v) is 17.7. The number of para-hydroxylation sites is 4. The summed E-state index contributed by atoms with van der Waals surface area (Å²) < 4.78 is 2.31. The molecule has 3 aromatic heterocycles. The van der Waals surface area contributed by atoms with Gasteiger partial charge in [0.25, 0.3) is 0 Å². The van der Waals surface area contributed by atoms with Crippen molar-refractivity contribution in [1.29, 1.82) is 0 Å². The molecule has 0 aliphatic carbocycles. The molecule has 7 aromatic rings. The summed E-state index contributed by atoms with van der Waals surface area (Å²) >= 11 is 0. The van der Waals surface area contributed by atoms with Crippen LogP contribution in [-0.4, -0.2) is 19.4 Å². The second-order valence-electron chi connectivity index (χ2n) is 8.21. The van der Waals surface area contributed by atoms with Crippen LogP contribution in [0.4, 0.5) is 0 Å². The number of nitrogens with zero attached hydrogens (tertiary/aromatic N) is 4. The summed E-state index contributed by atoms with van der Waals surface area (Å²) in [5, 5.41) is 2.24. The minimum atomic E-state index is 0.716. The van der Waals surface area contributed by atoms with Crippen LogP contribution in [0.2, 0.25) is 0 Å². The van der Waals surface area contributed by atoms with Crippen molar-refractivity contribution in [2.24, 2.45) is 0 Å². The van der Waals surface area contributed by atoms with Crippen LogP contribution in [0.25, 0.3) is 61.0 Å². The molecule has 0 atom stereocenters. The number of aromatic nitrogens is 4. The number of fused-ring (bicyclic) bond motifs is 6. The van der Waals surface area contributed by atoms with E-state index in [0.29, 0.717) is 5.82 Å². The Kier molecular flexibility index (Phi) is 3.81. The Bertz CT molecular complexity index is 1830. The van der Waals surface area contributed by atoms with Gasteiger partial charge in [0, 0.05) is 28.1 Å². The van der Waals surface area contributed by atoms with E-state index in [1.54, 1.807) is 0 Å². The molecule has 0 fully saturated rings. The van der Waals surface area contributed by atoms with Crippen molar-refractivity contribution in [2.45, 2.75) is 0 Å². The van der Waals surface area contributed by atoms with Gasteiger partial charge in [0.1, 0.15) is 0 Å². The Hall–Kier alpha value is -4.57. The molecule has 154 valence electrons. The Morgan fingerprint density at radius 2 is 1.24 bits per heavy atom. The largest absolute Gasteiger partial charge is 0.306 e. The van der Waals surface area contributed by atoms with Crippen LogP contribution in [0.3, 0.4) is 0 Å². The maximum Gasteiger partial charge on any atom is 0.159 e. The first kappa shape index (κ1) is 18.0. The highest BCUT2D eigenvalue weighted by molar-refractivity contribution is 5.98. The third kappa shape index (κ3) is 2.81. The van der Waals surface area contributed by atoms with Gasteiger partial charge in [-0.1, -0.05) is 66.7 Å². The lowest BCUT2D eigenvalue weighted by molar-refractivity contribution is 1.22. The second-order valence-corrected chi connectivity index (χ2v) is 8.21. The highest BCUT2D eigenvalue weighted by Crippen LogP contribution is 2.33. The first-order valence-electron chi connectivity index (χ1n) is 11.0. The lowest BCUT2D eigenvalue weighted by Crippen LogP contribution is -1.96. The summed E-state index contributed by atoms with van der Waals surface area (Å²) in [5.41, 5.74) is 8.25. The van der Waals surface area contributed by atoms with Crippen molar-refractivity contribution in [3.63, 3.8) is 0 Å². The van der Waals surface area contributed by atoms with Crippen LogP contribution in [-0.2, 0) is 0 Å². The molecule has 0 N–H and O–H groups in total. The van der Waals surface area contributed by atoms with Gasteiger partial charge < -0.3 is 4.40 Å². The standard InChI is InChI=1S/C29H18N4/c1-3-12-23-22(9-1)18-30-29(32-23)21-11-7-10-20(16-21)28-27-17-19-8-2-5-14-25(19)33(27)26-15-6-4-13-24(26)31-28/h1-18H. The predicted molar refractivity (Wildman–Crippen MR) is 134 cm³/mol. The number of hydrogen-bond donors (Lipinski definition) is 0. The van der Waals surface area contributed by atoms with Crippen molar-refractivity contribution in [2.75, 3.05) is 0 Å². The van der Waals surface area contributed by atoms with Gasteiger partial charge in [-0.2, -0.15) is 0 Å². The maximum absolute atomic E-state index is 5.09. The van der Waals surface area contributed by atoms with E-state index < -0.39 is 0 Å². The highest BCUT2D eigenvalue weighted by atomic mass is 14.9. The summed E-state index contributed by atoms with van der Waals surface area (Å²) in [7, 11) is 0. The normalized spacial score (nSPS) is 11.6. The fraction of sp³-hybridized carbons (Fsp3) is 0. The Balaban J connectivity index is 1.49. The van der Waals surface area contributed by atoms with E-state index in [0.717, 1.165) is 44.3 Å². The number of hydrogen-bond acceptors (Lipinski definition) is 3. The van der Waals surface area contributed by atoms with E-state index in [2.05, 4.69) is 82.2 Å². The maximum atomic E-state index is 5.09. The van der Waals surface area contributed by atoms with Gasteiger partial charge in [-0.15, -0.1) is 0 Å². The Labute approximate surface area is 189 Å². The summed E-state index contributed by atoms with van der Waals surface area (Å²) in [6.07, 6.45) is 1.89. The van der Waals surface area contributed by atoms with Gasteiger partial charge in [-0.05, 0) is 36.4 Å². The molecule has 4 nitrogen and oxygen atoms in total. The molecule has 0 saturated carbocycles. The van der Waals surface area contributed by atoms with Gasteiger partial charge in [0.05, 0.1) is 33.3 Å². The lowest BCUT2D eigenvalue weighted by Gasteiger charge is -2.10. The molecule has 7 rings (SSSR count). The zero-order valence-electron chi connectivity index (χ0n) is 17.7. The topological polar surface area (TPSA) is 43.1 Å². The van der Waals surface area contributed by atoms with Gasteiger partial charge in [-0.3, -0.25) is 0 Å². The van der Waals surface area contributed by atoms with Crippen LogP contribution in [0.5, 0.6) is 0 Å². The van der Waals surface area contributed by atoms with Crippen molar-refractivity contribution in [1.82, 2.24) is 19.4 Å². The molecule has 0 unspecified atom stereocenters. The Morgan fingerprint density at radius 1 is 0.515 bits per heavy atom. The third-order valence-corrected chi connectivity index (χ3v) is 6.19. The number of rotatable bonds is 2. The molecule has 4 heteroatoms. The molecule has 33 heavy (non-hydrogen) atoms. The van der Waals surface area contributed by atoms with Gasteiger partial charge in [0.15, 0.2) is 5.82 Å². The minimum absolute atomic E-state index is 0.716. The van der Waals surface area contributed by atoms with Gasteiger partial charge in [-0.25, -0.2) is 15.0 Å². The fourth-order valence-corrected chi connectivity index (χ4v) is 4.64. The quantitative estimate of drug-likeness (QED) is 0.304. The van der Waals surface area contributed by atoms with Crippen molar-refractivity contribution in [3.05, 3.63) is 109 Å². The van der Waals surface area contributed by atoms with Crippen LogP contribution >= 0.6 is 0 Å².